The van der Waals surface area contributed by atoms with Crippen LogP contribution >= 0.6 is 0 Å². The van der Waals surface area contributed by atoms with Crippen LogP contribution in [0.2, 0.25) is 0 Å². The average Bonchev–Trinajstić information content (AvgIpc) is 3.59. The molecule has 2 aromatic carbocycles. The second kappa shape index (κ2) is 14.6. The number of nitrogens with one attached hydrogen (secondary N) is 4. The minimum absolute atomic E-state index is 0.397. The number of imidazole rings is 2. The Bertz CT molecular complexity index is 2370. The molecule has 4 aromatic heterocycles. The lowest BCUT2D eigenvalue weighted by molar-refractivity contribution is 0.571. The Hall–Kier alpha value is -5.74. The molecule has 0 radical (unpaired) electrons. The monoisotopic (exact) mass is 694 g/mol. The van der Waals surface area contributed by atoms with E-state index >= 15 is 0 Å². The molecule has 2 aliphatic heterocycles. The highest BCUT2D eigenvalue weighted by molar-refractivity contribution is 5.75. The number of aryl methyl sites for hydroxylation is 2. The molecule has 6 aromatic rings. The van der Waals surface area contributed by atoms with Crippen LogP contribution in [-0.2, 0) is 27.2 Å². The summed E-state index contributed by atoms with van der Waals surface area (Å²) in [4.78, 5) is 67.5. The third-order valence-electron chi connectivity index (χ3n) is 9.36. The van der Waals surface area contributed by atoms with Gasteiger partial charge in [0.1, 0.15) is 0 Å². The van der Waals surface area contributed by atoms with Gasteiger partial charge in [0.2, 0.25) is 11.9 Å². The molecule has 0 aliphatic carbocycles. The van der Waals surface area contributed by atoms with Crippen LogP contribution in [0.3, 0.4) is 0 Å². The predicted molar refractivity (Wildman–Crippen MR) is 197 cm³/mol. The maximum absolute atomic E-state index is 12.6. The lowest BCUT2D eigenvalue weighted by atomic mass is 10.2. The van der Waals surface area contributed by atoms with Crippen LogP contribution in [-0.4, -0.2) is 90.6 Å². The van der Waals surface area contributed by atoms with Gasteiger partial charge in [0.15, 0.2) is 22.3 Å². The average molecular weight is 695 g/mol. The molecule has 16 nitrogen and oxygen atoms in total. The van der Waals surface area contributed by atoms with Crippen LogP contribution < -0.4 is 42.9 Å². The zero-order valence-corrected chi connectivity index (χ0v) is 28.8. The molecule has 6 heterocycles. The number of aromatic amines is 2. The van der Waals surface area contributed by atoms with Gasteiger partial charge in [-0.15, -0.1) is 0 Å². The summed E-state index contributed by atoms with van der Waals surface area (Å²) in [5.74, 6) is 1.46. The lowest BCUT2D eigenvalue weighted by Gasteiger charge is -2.28. The second-order valence-electron chi connectivity index (χ2n) is 12.8. The Balaban J connectivity index is 0.000000159. The van der Waals surface area contributed by atoms with Crippen LogP contribution in [0.4, 0.5) is 11.9 Å². The van der Waals surface area contributed by atoms with Crippen LogP contribution in [0.25, 0.3) is 22.3 Å². The van der Waals surface area contributed by atoms with Gasteiger partial charge in [-0.2, -0.15) is 9.97 Å². The first-order valence-corrected chi connectivity index (χ1v) is 17.2. The van der Waals surface area contributed by atoms with Crippen molar-refractivity contribution >= 4 is 34.2 Å². The van der Waals surface area contributed by atoms with Gasteiger partial charge in [-0.3, -0.25) is 37.8 Å². The van der Waals surface area contributed by atoms with Gasteiger partial charge in [-0.05, 0) is 24.1 Å². The molecule has 4 N–H and O–H groups in total. The van der Waals surface area contributed by atoms with Crippen molar-refractivity contribution in [2.24, 2.45) is 14.1 Å². The van der Waals surface area contributed by atoms with E-state index in [9.17, 15) is 19.2 Å². The Morgan fingerprint density at radius 3 is 1.43 bits per heavy atom. The smallest absolute Gasteiger partial charge is 0.329 e. The van der Waals surface area contributed by atoms with E-state index in [1.54, 1.807) is 14.1 Å². The van der Waals surface area contributed by atoms with Crippen molar-refractivity contribution in [3.8, 4) is 0 Å². The SMILES string of the molecule is Cn1c(=O)[nH]c(=O)c2c1nc(N1CCCNCC1)n2Cc1ccccc1.Cn1c(=O)[nH]c(=O)c2c1nc(N1CCNCC1)n2Cc1ccccc1. The molecule has 0 saturated carbocycles. The highest BCUT2D eigenvalue weighted by Crippen LogP contribution is 2.23. The highest BCUT2D eigenvalue weighted by atomic mass is 16.2. The number of anilines is 2. The maximum Gasteiger partial charge on any atom is 0.329 e. The Labute approximate surface area is 292 Å². The largest absolute Gasteiger partial charge is 0.341 e. The summed E-state index contributed by atoms with van der Waals surface area (Å²) in [6, 6.07) is 19.9. The molecular weight excluding hydrogens is 652 g/mol. The Morgan fingerprint density at radius 1 is 0.569 bits per heavy atom. The number of nitrogens with zero attached hydrogens (tertiary/aromatic N) is 8. The fourth-order valence-corrected chi connectivity index (χ4v) is 6.67. The van der Waals surface area contributed by atoms with E-state index in [1.165, 1.54) is 9.13 Å². The molecule has 8 rings (SSSR count). The minimum atomic E-state index is -0.450. The fourth-order valence-electron chi connectivity index (χ4n) is 6.67. The zero-order chi connectivity index (χ0) is 35.5. The van der Waals surface area contributed by atoms with Gasteiger partial charge in [0, 0.05) is 59.9 Å². The van der Waals surface area contributed by atoms with Crippen molar-refractivity contribution in [3.05, 3.63) is 113 Å². The first kappa shape index (κ1) is 33.7. The van der Waals surface area contributed by atoms with Crippen molar-refractivity contribution in [1.29, 1.82) is 0 Å². The third kappa shape index (κ3) is 6.87. The fraction of sp³-hybridized carbons (Fsp3) is 0.371. The Morgan fingerprint density at radius 2 is 0.980 bits per heavy atom. The van der Waals surface area contributed by atoms with Gasteiger partial charge >= 0.3 is 11.4 Å². The number of aromatic nitrogens is 8. The van der Waals surface area contributed by atoms with E-state index in [4.69, 9.17) is 4.98 Å². The minimum Gasteiger partial charge on any atom is -0.341 e. The summed E-state index contributed by atoms with van der Waals surface area (Å²) in [6.07, 6.45) is 1.00. The number of benzene rings is 2. The summed E-state index contributed by atoms with van der Waals surface area (Å²) < 4.78 is 6.63. The topological polar surface area (TPSA) is 176 Å². The Kier molecular flexibility index (Phi) is 9.68. The number of hydrogen-bond donors (Lipinski definition) is 4. The van der Waals surface area contributed by atoms with Gasteiger partial charge in [0.25, 0.3) is 11.1 Å². The molecule has 2 aliphatic rings. The van der Waals surface area contributed by atoms with Crippen molar-refractivity contribution in [3.63, 3.8) is 0 Å². The lowest BCUT2D eigenvalue weighted by Crippen LogP contribution is -2.44. The number of hydrogen-bond acceptors (Lipinski definition) is 10. The van der Waals surface area contributed by atoms with Crippen LogP contribution in [0.5, 0.6) is 0 Å². The van der Waals surface area contributed by atoms with Crippen molar-refractivity contribution in [1.82, 2.24) is 48.8 Å². The van der Waals surface area contributed by atoms with Crippen LogP contribution in [0.1, 0.15) is 17.5 Å². The maximum atomic E-state index is 12.6. The van der Waals surface area contributed by atoms with Gasteiger partial charge < -0.3 is 20.4 Å². The molecule has 0 amide bonds. The van der Waals surface area contributed by atoms with Gasteiger partial charge in [-0.25, -0.2) is 9.59 Å². The molecule has 0 unspecified atom stereocenters. The summed E-state index contributed by atoms with van der Waals surface area (Å²) >= 11 is 0. The van der Waals surface area contributed by atoms with E-state index in [0.717, 1.165) is 81.8 Å². The molecule has 16 heteroatoms. The molecular formula is C35H42N12O4. The van der Waals surface area contributed by atoms with Gasteiger partial charge in [-0.1, -0.05) is 60.7 Å². The number of fused-ring (bicyclic) bond motifs is 2. The van der Waals surface area contributed by atoms with Crippen LogP contribution in [0, 0.1) is 0 Å². The molecule has 2 fully saturated rings. The first-order chi connectivity index (χ1) is 24.8. The summed E-state index contributed by atoms with van der Waals surface area (Å²) in [5.41, 5.74) is 2.15. The normalized spacial score (nSPS) is 15.2. The third-order valence-corrected chi connectivity index (χ3v) is 9.36. The molecule has 51 heavy (non-hydrogen) atoms. The van der Waals surface area contributed by atoms with E-state index in [-0.39, 0.29) is 0 Å². The quantitative estimate of drug-likeness (QED) is 0.188. The number of piperazine rings is 1. The second-order valence-corrected chi connectivity index (χ2v) is 12.8. The van der Waals surface area contributed by atoms with Crippen LogP contribution in [0.15, 0.2) is 79.8 Å². The van der Waals surface area contributed by atoms with E-state index in [0.29, 0.717) is 35.4 Å². The van der Waals surface area contributed by atoms with Gasteiger partial charge in [0.05, 0.1) is 13.1 Å². The summed E-state index contributed by atoms with van der Waals surface area (Å²) in [5, 5.41) is 6.70. The molecule has 0 atom stereocenters. The van der Waals surface area contributed by atoms with Crippen molar-refractivity contribution in [2.75, 3.05) is 62.2 Å². The summed E-state index contributed by atoms with van der Waals surface area (Å²) in [6.45, 7) is 7.90. The molecule has 0 bridgehead atoms. The summed E-state index contributed by atoms with van der Waals surface area (Å²) in [7, 11) is 3.26. The molecule has 2 saturated heterocycles. The predicted octanol–water partition coefficient (Wildman–Crippen LogP) is 0.153. The highest BCUT2D eigenvalue weighted by Gasteiger charge is 2.24. The number of rotatable bonds is 6. The zero-order valence-electron chi connectivity index (χ0n) is 28.8. The standard InChI is InChI=1S/C18H22N6O2.C17H20N6O2/c1-22-15-14(16(25)21-18(22)26)24(12-13-6-3-2-4-7-13)17(20-15)23-10-5-8-19-9-11-23;1-21-14-13(15(24)20-17(21)25)23(11-12-5-3-2-4-6-12)16(19-14)22-9-7-18-8-10-22/h2-4,6-7,19H,5,8-12H2,1H3,(H,21,25,26);2-6,18H,7-11H2,1H3,(H,20,24,25). The molecule has 0 spiro atoms. The van der Waals surface area contributed by atoms with E-state index in [1.807, 2.05) is 69.8 Å². The van der Waals surface area contributed by atoms with E-state index < -0.39 is 22.5 Å². The van der Waals surface area contributed by atoms with Crippen molar-refractivity contribution in [2.45, 2.75) is 19.5 Å². The first-order valence-electron chi connectivity index (χ1n) is 17.2. The molecule has 266 valence electrons. The number of H-pyrrole nitrogens is 2. The van der Waals surface area contributed by atoms with Crippen molar-refractivity contribution < 1.29 is 0 Å². The van der Waals surface area contributed by atoms with E-state index in [2.05, 4.69) is 35.4 Å².